The van der Waals surface area contributed by atoms with Crippen LogP contribution in [-0.2, 0) is 21.2 Å². The summed E-state index contributed by atoms with van der Waals surface area (Å²) in [7, 11) is -2.44. The molecular weight excluding hydrogens is 464 g/mol. The van der Waals surface area contributed by atoms with Crippen molar-refractivity contribution >= 4 is 21.6 Å². The maximum atomic E-state index is 13.5. The van der Waals surface area contributed by atoms with E-state index < -0.39 is 10.0 Å². The molecule has 3 aromatic rings. The summed E-state index contributed by atoms with van der Waals surface area (Å²) in [5.74, 6) is 1.06. The number of nitrogens with one attached hydrogen (secondary N) is 1. The summed E-state index contributed by atoms with van der Waals surface area (Å²) in [4.78, 5) is 12.8. The molecule has 0 saturated heterocycles. The van der Waals surface area contributed by atoms with Crippen molar-refractivity contribution in [1.29, 1.82) is 0 Å². The minimum atomic E-state index is -3.97. The summed E-state index contributed by atoms with van der Waals surface area (Å²) < 4.78 is 38.8. The minimum Gasteiger partial charge on any atom is -0.496 e. The molecule has 7 nitrogen and oxygen atoms in total. The molecule has 0 aliphatic rings. The van der Waals surface area contributed by atoms with Crippen molar-refractivity contribution in [2.45, 2.75) is 31.6 Å². The number of sulfonamides is 1. The highest BCUT2D eigenvalue weighted by atomic mass is 32.2. The number of rotatable bonds is 12. The predicted molar refractivity (Wildman–Crippen MR) is 138 cm³/mol. The predicted octanol–water partition coefficient (Wildman–Crippen LogP) is 4.35. The summed E-state index contributed by atoms with van der Waals surface area (Å²) in [5.41, 5.74) is 2.26. The Morgan fingerprint density at radius 1 is 1.00 bits per heavy atom. The lowest BCUT2D eigenvalue weighted by Crippen LogP contribution is -2.41. The summed E-state index contributed by atoms with van der Waals surface area (Å²) in [6.07, 6.45) is 1.52. The number of amides is 1. The molecule has 0 aliphatic carbocycles. The number of nitrogens with zero attached hydrogens (tertiary/aromatic N) is 1. The van der Waals surface area contributed by atoms with Gasteiger partial charge in [0.1, 0.15) is 18.0 Å². The number of carbonyl (C=O) groups is 1. The molecule has 0 atom stereocenters. The lowest BCUT2D eigenvalue weighted by molar-refractivity contribution is -0.119. The number of carbonyl (C=O) groups excluding carboxylic acids is 1. The normalized spacial score (nSPS) is 11.1. The maximum absolute atomic E-state index is 13.5. The fourth-order valence-corrected chi connectivity index (χ4v) is 5.18. The first-order valence-electron chi connectivity index (χ1n) is 11.6. The first-order chi connectivity index (χ1) is 16.8. The van der Waals surface area contributed by atoms with Gasteiger partial charge in [0.15, 0.2) is 0 Å². The van der Waals surface area contributed by atoms with E-state index in [2.05, 4.69) is 5.32 Å². The molecule has 0 bridgehead atoms. The Balaban J connectivity index is 1.66. The van der Waals surface area contributed by atoms with Crippen LogP contribution >= 0.6 is 0 Å². The smallest absolute Gasteiger partial charge is 0.264 e. The Morgan fingerprint density at radius 3 is 2.34 bits per heavy atom. The maximum Gasteiger partial charge on any atom is 0.264 e. The summed E-state index contributed by atoms with van der Waals surface area (Å²) in [6, 6.07) is 21.2. The molecule has 1 amide bonds. The first-order valence-corrected chi connectivity index (χ1v) is 13.0. The number of aryl methyl sites for hydroxylation is 2. The van der Waals surface area contributed by atoms with E-state index in [1.54, 1.807) is 49.4 Å². The Bertz CT molecular complexity index is 1210. The average molecular weight is 497 g/mol. The second kappa shape index (κ2) is 12.3. The van der Waals surface area contributed by atoms with Crippen LogP contribution in [0.5, 0.6) is 11.5 Å². The molecule has 8 heteroatoms. The Labute approximate surface area is 207 Å². The standard InChI is InChI=1S/C27H32N2O5S/c1-4-34-24-14-12-22(13-15-24)9-8-18-28-27(30)20-29(23-10-6-5-7-11-23)35(31,32)25-16-17-26(33-3)21(2)19-25/h5-7,10-17,19H,4,8-9,18,20H2,1-3H3,(H,28,30). The fraction of sp³-hybridized carbons (Fsp3) is 0.296. The van der Waals surface area contributed by atoms with Crippen LogP contribution in [0.4, 0.5) is 5.69 Å². The quantitative estimate of drug-likeness (QED) is 0.377. The number of para-hydroxylation sites is 1. The number of benzene rings is 3. The van der Waals surface area contributed by atoms with Gasteiger partial charge in [-0.1, -0.05) is 30.3 Å². The third-order valence-corrected chi connectivity index (χ3v) is 7.25. The molecule has 0 radical (unpaired) electrons. The molecule has 1 N–H and O–H groups in total. The van der Waals surface area contributed by atoms with Gasteiger partial charge >= 0.3 is 0 Å². The van der Waals surface area contributed by atoms with Crippen molar-refractivity contribution in [3.8, 4) is 11.5 Å². The van der Waals surface area contributed by atoms with Crippen molar-refractivity contribution in [3.63, 3.8) is 0 Å². The summed E-state index contributed by atoms with van der Waals surface area (Å²) >= 11 is 0. The van der Waals surface area contributed by atoms with Gasteiger partial charge in [-0.3, -0.25) is 9.10 Å². The Kier molecular flexibility index (Phi) is 9.14. The molecule has 0 saturated carbocycles. The molecule has 0 aromatic heterocycles. The van der Waals surface area contributed by atoms with Crippen LogP contribution in [0.1, 0.15) is 24.5 Å². The fourth-order valence-electron chi connectivity index (χ4n) is 3.67. The van der Waals surface area contributed by atoms with E-state index in [0.717, 1.165) is 28.5 Å². The summed E-state index contributed by atoms with van der Waals surface area (Å²) in [5, 5.41) is 2.85. The van der Waals surface area contributed by atoms with Gasteiger partial charge < -0.3 is 14.8 Å². The third kappa shape index (κ3) is 6.99. The number of methoxy groups -OCH3 is 1. The number of ether oxygens (including phenoxy) is 2. The number of hydrogen-bond acceptors (Lipinski definition) is 5. The van der Waals surface area contributed by atoms with Crippen LogP contribution in [-0.4, -0.2) is 41.1 Å². The van der Waals surface area contributed by atoms with Crippen LogP contribution in [0.15, 0.2) is 77.7 Å². The first kappa shape index (κ1) is 26.1. The van der Waals surface area contributed by atoms with E-state index in [-0.39, 0.29) is 17.3 Å². The van der Waals surface area contributed by atoms with Gasteiger partial charge in [0.25, 0.3) is 10.0 Å². The monoisotopic (exact) mass is 496 g/mol. The van der Waals surface area contributed by atoms with Crippen LogP contribution < -0.4 is 19.1 Å². The van der Waals surface area contributed by atoms with Gasteiger partial charge in [0, 0.05) is 6.54 Å². The van der Waals surface area contributed by atoms with E-state index in [1.165, 1.54) is 13.2 Å². The molecule has 3 aromatic carbocycles. The Hall–Kier alpha value is -3.52. The molecule has 186 valence electrons. The van der Waals surface area contributed by atoms with Crippen molar-refractivity contribution in [2.75, 3.05) is 31.1 Å². The summed E-state index contributed by atoms with van der Waals surface area (Å²) in [6.45, 7) is 4.47. The minimum absolute atomic E-state index is 0.1000. The highest BCUT2D eigenvalue weighted by molar-refractivity contribution is 7.92. The van der Waals surface area contributed by atoms with Crippen LogP contribution in [0.3, 0.4) is 0 Å². The van der Waals surface area contributed by atoms with Crippen LogP contribution in [0, 0.1) is 6.92 Å². The molecule has 0 spiro atoms. The van der Waals surface area contributed by atoms with Crippen LogP contribution in [0.25, 0.3) is 0 Å². The number of anilines is 1. The van der Waals surface area contributed by atoms with Gasteiger partial charge in [-0.2, -0.15) is 0 Å². The third-order valence-electron chi connectivity index (χ3n) is 5.48. The molecule has 0 fully saturated rings. The Morgan fingerprint density at radius 2 is 1.71 bits per heavy atom. The zero-order valence-electron chi connectivity index (χ0n) is 20.4. The van der Waals surface area contributed by atoms with Crippen molar-refractivity contribution in [1.82, 2.24) is 5.32 Å². The highest BCUT2D eigenvalue weighted by Gasteiger charge is 2.27. The largest absolute Gasteiger partial charge is 0.496 e. The second-order valence-electron chi connectivity index (χ2n) is 8.01. The van der Waals surface area contributed by atoms with E-state index >= 15 is 0 Å². The zero-order valence-corrected chi connectivity index (χ0v) is 21.2. The highest BCUT2D eigenvalue weighted by Crippen LogP contribution is 2.27. The van der Waals surface area contributed by atoms with E-state index in [9.17, 15) is 13.2 Å². The van der Waals surface area contributed by atoms with Gasteiger partial charge in [-0.05, 0) is 80.3 Å². The van der Waals surface area contributed by atoms with Gasteiger partial charge in [0.05, 0.1) is 24.3 Å². The van der Waals surface area contributed by atoms with Crippen molar-refractivity contribution in [2.24, 2.45) is 0 Å². The molecule has 0 unspecified atom stereocenters. The number of hydrogen-bond donors (Lipinski definition) is 1. The van der Waals surface area contributed by atoms with Gasteiger partial charge in [-0.15, -0.1) is 0 Å². The topological polar surface area (TPSA) is 84.9 Å². The second-order valence-corrected chi connectivity index (χ2v) is 9.87. The lowest BCUT2D eigenvalue weighted by atomic mass is 10.1. The average Bonchev–Trinajstić information content (AvgIpc) is 2.86. The van der Waals surface area contributed by atoms with E-state index in [0.29, 0.717) is 30.2 Å². The SMILES string of the molecule is CCOc1ccc(CCCNC(=O)CN(c2ccccc2)S(=O)(=O)c2ccc(OC)c(C)c2)cc1. The van der Waals surface area contributed by atoms with Gasteiger partial charge in [-0.25, -0.2) is 8.42 Å². The van der Waals surface area contributed by atoms with Gasteiger partial charge in [0.2, 0.25) is 5.91 Å². The molecular formula is C27H32N2O5S. The molecule has 0 heterocycles. The molecule has 0 aliphatic heterocycles. The zero-order chi connectivity index (χ0) is 25.3. The van der Waals surface area contributed by atoms with E-state index in [4.69, 9.17) is 9.47 Å². The molecule has 35 heavy (non-hydrogen) atoms. The lowest BCUT2D eigenvalue weighted by Gasteiger charge is -2.24. The van der Waals surface area contributed by atoms with Crippen LogP contribution in [0.2, 0.25) is 0 Å². The molecule has 3 rings (SSSR count). The van der Waals surface area contributed by atoms with E-state index in [1.807, 2.05) is 31.2 Å². The van der Waals surface area contributed by atoms with Crippen molar-refractivity contribution < 1.29 is 22.7 Å². The van der Waals surface area contributed by atoms with Crippen molar-refractivity contribution in [3.05, 3.63) is 83.9 Å².